The van der Waals surface area contributed by atoms with Crippen LogP contribution in [0.2, 0.25) is 0 Å². The van der Waals surface area contributed by atoms with Crippen molar-refractivity contribution in [2.45, 2.75) is 158 Å². The van der Waals surface area contributed by atoms with Crippen LogP contribution in [0.5, 0.6) is 0 Å². The number of nitrogens with zero attached hydrogens (tertiary/aromatic N) is 14. The normalized spacial score (nSPS) is 21.8. The molecular weight excluding hydrogens is 1230 g/mol. The number of amides is 3. The Kier molecular flexibility index (Phi) is 20.1. The molecule has 14 heterocycles. The Morgan fingerprint density at radius 2 is 0.914 bits per heavy atom. The summed E-state index contributed by atoms with van der Waals surface area (Å²) in [5.41, 5.74) is 11.4. The third-order valence-electron chi connectivity index (χ3n) is 19.4. The van der Waals surface area contributed by atoms with Crippen molar-refractivity contribution < 1.29 is 31.2 Å². The second-order valence-electron chi connectivity index (χ2n) is 27.8. The van der Waals surface area contributed by atoms with Crippen molar-refractivity contribution >= 4 is 55.4 Å². The lowest BCUT2D eigenvalue weighted by atomic mass is 9.79. The molecule has 0 N–H and O–H groups in total. The molecule has 21 nitrogen and oxygen atoms in total. The smallest absolute Gasteiger partial charge is 0.254 e. The molecule has 0 saturated carbocycles. The zero-order chi connectivity index (χ0) is 68.9. The number of pyridine rings is 7. The van der Waals surface area contributed by atoms with Gasteiger partial charge >= 0.3 is 0 Å². The Morgan fingerprint density at radius 1 is 0.452 bits per heavy atom. The van der Waals surface area contributed by atoms with Crippen LogP contribution < -0.4 is 4.31 Å². The lowest BCUT2D eigenvalue weighted by molar-refractivity contribution is -0.136. The predicted molar refractivity (Wildman–Crippen MR) is 364 cm³/mol. The van der Waals surface area contributed by atoms with E-state index >= 15 is 0 Å². The molecule has 2 unspecified atom stereocenters. The molecule has 0 bridgehead atoms. The van der Waals surface area contributed by atoms with Crippen molar-refractivity contribution in [2.75, 3.05) is 60.2 Å². The maximum Gasteiger partial charge on any atom is 0.254 e. The van der Waals surface area contributed by atoms with Gasteiger partial charge in [0.25, 0.3) is 11.8 Å². The molecule has 93 heavy (non-hydrogen) atoms. The molecule has 0 spiro atoms. The first kappa shape index (κ1) is 71.2. The average molecular weight is 1320 g/mol. The number of carbonyl (C=O) groups is 3. The summed E-state index contributed by atoms with van der Waals surface area (Å²) in [4.78, 5) is 72.8. The first-order valence-electron chi connectivity index (χ1n) is 30.6. The minimum atomic E-state index is -3.30. The van der Waals surface area contributed by atoms with Crippen LogP contribution in [0.3, 0.4) is 0 Å². The summed E-state index contributed by atoms with van der Waals surface area (Å²) >= 11 is 0. The summed E-state index contributed by atoms with van der Waals surface area (Å²) in [7, 11) is 7.67. The lowest BCUT2D eigenvalue weighted by Gasteiger charge is -2.37. The van der Waals surface area contributed by atoms with Crippen LogP contribution in [0, 0.1) is 0 Å². The van der Waals surface area contributed by atoms with Crippen molar-refractivity contribution in [3.05, 3.63) is 190 Å². The average Bonchev–Trinajstić information content (AvgIpc) is 1.72. The van der Waals surface area contributed by atoms with E-state index in [2.05, 4.69) is 94.4 Å². The van der Waals surface area contributed by atoms with Crippen LogP contribution in [-0.4, -0.2) is 154 Å². The molecule has 0 fully saturated rings. The van der Waals surface area contributed by atoms with Gasteiger partial charge in [-0.05, 0) is 160 Å². The molecule has 2 atom stereocenters. The van der Waals surface area contributed by atoms with Gasteiger partial charge in [0.05, 0.1) is 42.3 Å². The number of sulfonamides is 1. The van der Waals surface area contributed by atoms with E-state index < -0.39 is 42.9 Å². The van der Waals surface area contributed by atoms with E-state index in [-0.39, 0.29) is 44.5 Å². The topological polar surface area (TPSA) is 232 Å². The van der Waals surface area contributed by atoms with E-state index in [0.29, 0.717) is 11.4 Å². The standard InChI is InChI=1S/2C11H14N2O.C10H12N2O.C10H14N2.C9H12N2O2S.2C9H12N2OS/c1-11(2)7-13(3)10(14)8-4-5-12-6-9(8)11;1-11(2)9-6-12-5-4-8(9)7-13(3)10(11)14;1-10(2)8-6-11-5-4-7(8)9(13)12(10)3;1-10(2)9-6-11-5-4-8(9)7-12(10)3;1-9(2)7-6-10-5-4-8(7)14(12,13)11(9)3;1-9(2)7-6-10-5-4-8(7)13(12)11(9)3;1-9(2)7-6-10-5-4-8(7)11(3)13(9)12/h2*4-6H,7H2,1-3H3;4-6H,1-3H3;4-6H,7H2,1-3H3;4-6H,1-3H3;2*4-6H,1-3H3. The van der Waals surface area contributed by atoms with Crippen LogP contribution in [0.1, 0.15) is 168 Å². The van der Waals surface area contributed by atoms with Crippen molar-refractivity contribution in [1.29, 1.82) is 0 Å². The highest BCUT2D eigenvalue weighted by Gasteiger charge is 2.47. The molecule has 3 amide bonds. The largest absolute Gasteiger partial charge is 0.341 e. The van der Waals surface area contributed by atoms with Crippen molar-refractivity contribution in [1.82, 2.24) is 63.1 Å². The van der Waals surface area contributed by atoms with Gasteiger partial charge < -0.3 is 14.7 Å². The molecule has 7 aliphatic heterocycles. The highest BCUT2D eigenvalue weighted by Crippen LogP contribution is 2.45. The van der Waals surface area contributed by atoms with E-state index in [1.165, 1.54) is 27.2 Å². The third kappa shape index (κ3) is 13.2. The summed E-state index contributed by atoms with van der Waals surface area (Å²) in [5, 5.41) is 0. The molecule has 7 aliphatic rings. The van der Waals surface area contributed by atoms with Crippen molar-refractivity contribution in [3.63, 3.8) is 0 Å². The highest BCUT2D eigenvalue weighted by atomic mass is 32.2. The van der Waals surface area contributed by atoms with Crippen LogP contribution in [0.4, 0.5) is 5.69 Å². The van der Waals surface area contributed by atoms with E-state index in [1.54, 1.807) is 112 Å². The fourth-order valence-corrected chi connectivity index (χ4v) is 17.1. The number of anilines is 1. The summed E-state index contributed by atoms with van der Waals surface area (Å²) in [6.07, 6.45) is 24.5. The molecule has 0 aromatic carbocycles. The Morgan fingerprint density at radius 3 is 1.45 bits per heavy atom. The molecule has 24 heteroatoms. The van der Waals surface area contributed by atoms with Gasteiger partial charge in [-0.1, -0.05) is 13.8 Å². The fourth-order valence-electron chi connectivity index (χ4n) is 12.4. The molecule has 0 aliphatic carbocycles. The summed E-state index contributed by atoms with van der Waals surface area (Å²) in [5.74, 6) is 0.349. The van der Waals surface area contributed by atoms with E-state index in [9.17, 15) is 31.2 Å². The van der Waals surface area contributed by atoms with Gasteiger partial charge in [-0.25, -0.2) is 21.1 Å². The van der Waals surface area contributed by atoms with Crippen molar-refractivity contribution in [2.24, 2.45) is 0 Å². The zero-order valence-electron chi connectivity index (χ0n) is 57.6. The number of hydrogen-bond donors (Lipinski definition) is 0. The maximum absolute atomic E-state index is 11.9. The van der Waals surface area contributed by atoms with E-state index in [1.807, 2.05) is 126 Å². The third-order valence-corrected chi connectivity index (χ3v) is 25.0. The van der Waals surface area contributed by atoms with Crippen molar-refractivity contribution in [3.8, 4) is 0 Å². The van der Waals surface area contributed by atoms with Gasteiger partial charge in [0.1, 0.15) is 22.0 Å². The number of carbonyl (C=O) groups excluding carboxylic acids is 3. The Hall–Kier alpha value is -7.61. The second kappa shape index (κ2) is 26.3. The van der Waals surface area contributed by atoms with E-state index in [4.69, 9.17) is 0 Å². The molecule has 7 aromatic heterocycles. The van der Waals surface area contributed by atoms with Crippen LogP contribution in [-0.2, 0) is 87.6 Å². The molecule has 7 aromatic rings. The molecule has 0 saturated heterocycles. The first-order chi connectivity index (χ1) is 43.2. The second-order valence-corrected chi connectivity index (χ2v) is 33.3. The lowest BCUT2D eigenvalue weighted by Crippen LogP contribution is -2.45. The molecule has 0 radical (unpaired) electrons. The first-order valence-corrected chi connectivity index (χ1v) is 34.3. The van der Waals surface area contributed by atoms with Gasteiger partial charge in [0.15, 0.2) is 0 Å². The van der Waals surface area contributed by atoms with Crippen LogP contribution in [0.15, 0.2) is 139 Å². The Labute approximate surface area is 554 Å². The SMILES string of the molecule is CN1C(=O)c2ccncc2C1(C)C.CN1C(C)(C)c2cnccc2S1(=O)=O.CN1CC(C)(C)c2cnccc2C1=O.CN1Cc2ccncc2C(C)(C)C1=O.CN1Cc2ccncc2C1(C)C.CN1S(=O)c2ccncc2C1(C)C.CN1c2ccncc2C(C)(C)S1=O. The minimum absolute atomic E-state index is 0.00620. The Balaban J connectivity index is 0.000000139. The number of aromatic nitrogens is 7. The number of fused-ring (bicyclic) bond motifs is 7. The summed E-state index contributed by atoms with van der Waals surface area (Å²) in [6.45, 7) is 31.0. The van der Waals surface area contributed by atoms with E-state index in [0.717, 1.165) is 68.2 Å². The zero-order valence-corrected chi connectivity index (χ0v) is 60.0. The molecule has 14 rings (SSSR count). The Bertz CT molecular complexity index is 4080. The highest BCUT2D eigenvalue weighted by molar-refractivity contribution is 7.89. The summed E-state index contributed by atoms with van der Waals surface area (Å²) < 4.78 is 52.2. The minimum Gasteiger partial charge on any atom is -0.341 e. The van der Waals surface area contributed by atoms with Gasteiger partial charge in [-0.15, -0.1) is 0 Å². The number of rotatable bonds is 0. The van der Waals surface area contributed by atoms with Gasteiger partial charge in [-0.2, -0.15) is 4.31 Å². The summed E-state index contributed by atoms with van der Waals surface area (Å²) in [6, 6.07) is 13.0. The quantitative estimate of drug-likeness (QED) is 0.138. The van der Waals surface area contributed by atoms with Crippen LogP contribution >= 0.6 is 0 Å². The monoisotopic (exact) mass is 1320 g/mol. The predicted octanol–water partition coefficient (Wildman–Crippen LogP) is 9.61. The molecular formula is C69H90N14O7S3. The van der Waals surface area contributed by atoms with Crippen LogP contribution in [0.25, 0.3) is 0 Å². The number of hydrogen-bond acceptors (Lipinski definition) is 15. The maximum atomic E-state index is 11.9. The van der Waals surface area contributed by atoms with Gasteiger partial charge in [-0.3, -0.25) is 58.5 Å². The number of likely N-dealkylation sites (N-methyl/N-ethyl adjacent to an activating group) is 2. The van der Waals surface area contributed by atoms with Gasteiger partial charge in [0.2, 0.25) is 15.9 Å². The molecule has 496 valence electrons. The van der Waals surface area contributed by atoms with Gasteiger partial charge in [0, 0.05) is 193 Å². The fraction of sp³-hybridized carbons (Fsp3) is 0.449.